The summed E-state index contributed by atoms with van der Waals surface area (Å²) in [6, 6.07) is 18.4. The predicted octanol–water partition coefficient (Wildman–Crippen LogP) is 12.4. The van der Waals surface area contributed by atoms with Crippen LogP contribution in [0.15, 0.2) is 88.8 Å². The van der Waals surface area contributed by atoms with Crippen molar-refractivity contribution in [2.24, 2.45) is 9.98 Å². The third-order valence-electron chi connectivity index (χ3n) is 9.20. The quantitative estimate of drug-likeness (QED) is 0.111. The van der Waals surface area contributed by atoms with Gasteiger partial charge in [0.15, 0.2) is 0 Å². The Labute approximate surface area is 309 Å². The van der Waals surface area contributed by atoms with E-state index in [9.17, 15) is 39.5 Å². The fraction of sp³-hybridized carbons (Fsp3) is 0.366. The van der Waals surface area contributed by atoms with Crippen LogP contribution in [-0.4, -0.2) is 41.2 Å². The fourth-order valence-electron chi connectivity index (χ4n) is 6.63. The lowest BCUT2D eigenvalue weighted by Crippen LogP contribution is -2.50. The van der Waals surface area contributed by atoms with Crippen molar-refractivity contribution in [3.8, 4) is 0 Å². The molecule has 0 aromatic heterocycles. The molecule has 0 bridgehead atoms. The summed E-state index contributed by atoms with van der Waals surface area (Å²) in [7, 11) is 0. The van der Waals surface area contributed by atoms with E-state index in [4.69, 9.17) is 4.99 Å². The van der Waals surface area contributed by atoms with Crippen molar-refractivity contribution >= 4 is 23.0 Å². The second-order valence-corrected chi connectivity index (χ2v) is 14.1. The summed E-state index contributed by atoms with van der Waals surface area (Å²) in [4.78, 5) is 12.8. The van der Waals surface area contributed by atoms with Gasteiger partial charge in [-0.15, -0.1) is 0 Å². The van der Waals surface area contributed by atoms with Gasteiger partial charge in [0.1, 0.15) is 11.7 Å². The molecule has 0 saturated carbocycles. The van der Waals surface area contributed by atoms with Crippen LogP contribution in [0.25, 0.3) is 0 Å². The second-order valence-electron chi connectivity index (χ2n) is 14.1. The zero-order valence-electron chi connectivity index (χ0n) is 30.7. The zero-order valence-corrected chi connectivity index (χ0v) is 30.7. The van der Waals surface area contributed by atoms with Crippen LogP contribution < -0.4 is 0 Å². The van der Waals surface area contributed by atoms with E-state index in [0.29, 0.717) is 36.5 Å². The molecule has 1 fully saturated rings. The van der Waals surface area contributed by atoms with E-state index in [-0.39, 0.29) is 42.2 Å². The number of halogens is 9. The van der Waals surface area contributed by atoms with Gasteiger partial charge in [0, 0.05) is 24.2 Å². The summed E-state index contributed by atoms with van der Waals surface area (Å²) >= 11 is 0. The van der Waals surface area contributed by atoms with Crippen molar-refractivity contribution in [3.05, 3.63) is 129 Å². The number of amidine groups is 2. The summed E-state index contributed by atoms with van der Waals surface area (Å²) in [5, 5.41) is 0. The number of alkyl halides is 9. The van der Waals surface area contributed by atoms with Crippen molar-refractivity contribution in [1.29, 1.82) is 0 Å². The molecule has 4 nitrogen and oxygen atoms in total. The summed E-state index contributed by atoms with van der Waals surface area (Å²) < 4.78 is 128. The van der Waals surface area contributed by atoms with E-state index < -0.39 is 52.3 Å². The standard InChI is InChI=1S/C41H41F9N4/c1-24(2)32-14-10-15-33(25(3)4)36(32)52-37(28-12-8-7-9-13-28)53-16-11-17-54(23-53)38(51-35-27(6)18-26(5)19-34(35)41(48,49)50)29-20-30(39(42,43)44)22-31(21-29)40(45,46)47/h7-10,12-15,18-22,24-25H,11,16-17,23H2,1-6H3. The largest absolute Gasteiger partial charge is 0.418 e. The Morgan fingerprint density at radius 1 is 0.574 bits per heavy atom. The second kappa shape index (κ2) is 15.5. The van der Waals surface area contributed by atoms with E-state index in [1.807, 2.05) is 81.1 Å². The number of hydrogen-bond donors (Lipinski definition) is 0. The van der Waals surface area contributed by atoms with Gasteiger partial charge >= 0.3 is 18.5 Å². The number of aryl methyl sites for hydroxylation is 2. The lowest BCUT2D eigenvalue weighted by atomic mass is 9.93. The normalized spacial score (nSPS) is 15.1. The SMILES string of the molecule is Cc1cc(C)c(N=C(c2cc(C(F)(F)F)cc(C(F)(F)F)c2)N2CCCN(C(=Nc3c(C(C)C)cccc3C(C)C)c3ccccc3)C2)c(C(F)(F)F)c1. The molecule has 1 saturated heterocycles. The maximum atomic E-state index is 14.5. The lowest BCUT2D eigenvalue weighted by Gasteiger charge is -2.39. The molecule has 0 atom stereocenters. The topological polar surface area (TPSA) is 31.2 Å². The monoisotopic (exact) mass is 760 g/mol. The molecule has 0 amide bonds. The Kier molecular flexibility index (Phi) is 11.6. The molecule has 0 aliphatic carbocycles. The molecule has 0 spiro atoms. The molecule has 288 valence electrons. The van der Waals surface area contributed by atoms with Crippen LogP contribution in [-0.2, 0) is 18.5 Å². The van der Waals surface area contributed by atoms with Crippen molar-refractivity contribution < 1.29 is 39.5 Å². The van der Waals surface area contributed by atoms with Crippen LogP contribution in [0.5, 0.6) is 0 Å². The maximum Gasteiger partial charge on any atom is 0.418 e. The van der Waals surface area contributed by atoms with Gasteiger partial charge < -0.3 is 9.80 Å². The van der Waals surface area contributed by atoms with Gasteiger partial charge in [0.2, 0.25) is 0 Å². The van der Waals surface area contributed by atoms with Gasteiger partial charge in [0.05, 0.1) is 34.7 Å². The first-order valence-corrected chi connectivity index (χ1v) is 17.5. The molecule has 4 aromatic carbocycles. The molecule has 0 unspecified atom stereocenters. The van der Waals surface area contributed by atoms with Gasteiger partial charge in [-0.05, 0) is 73.1 Å². The number of para-hydroxylation sites is 1. The summed E-state index contributed by atoms with van der Waals surface area (Å²) in [6.45, 7) is 11.3. The van der Waals surface area contributed by atoms with Crippen molar-refractivity contribution in [1.82, 2.24) is 9.80 Å². The van der Waals surface area contributed by atoms with Crippen LogP contribution in [0, 0.1) is 13.8 Å². The molecule has 54 heavy (non-hydrogen) atoms. The Bertz CT molecular complexity index is 1970. The third kappa shape index (κ3) is 9.10. The maximum absolute atomic E-state index is 14.5. The van der Waals surface area contributed by atoms with Crippen molar-refractivity contribution in [3.63, 3.8) is 0 Å². The minimum atomic E-state index is -5.20. The van der Waals surface area contributed by atoms with Crippen LogP contribution >= 0.6 is 0 Å². The Balaban J connectivity index is 1.77. The van der Waals surface area contributed by atoms with Gasteiger partial charge in [0.25, 0.3) is 0 Å². The highest BCUT2D eigenvalue weighted by atomic mass is 19.4. The minimum absolute atomic E-state index is 0.0133. The first-order chi connectivity index (χ1) is 25.1. The van der Waals surface area contributed by atoms with Gasteiger partial charge in [-0.25, -0.2) is 9.98 Å². The molecule has 0 radical (unpaired) electrons. The van der Waals surface area contributed by atoms with E-state index >= 15 is 0 Å². The molecule has 1 aliphatic heterocycles. The summed E-state index contributed by atoms with van der Waals surface area (Å²) in [6.07, 6.45) is -15.0. The number of benzene rings is 4. The molecule has 13 heteroatoms. The minimum Gasteiger partial charge on any atom is -0.338 e. The molecular weight excluding hydrogens is 719 g/mol. The summed E-state index contributed by atoms with van der Waals surface area (Å²) in [5.41, 5.74) is -1.91. The summed E-state index contributed by atoms with van der Waals surface area (Å²) in [5.74, 6) is 0.185. The average molecular weight is 761 g/mol. The van der Waals surface area contributed by atoms with Gasteiger partial charge in [-0.2, -0.15) is 39.5 Å². The highest BCUT2D eigenvalue weighted by molar-refractivity contribution is 6.03. The molecular formula is C41H41F9N4. The van der Waals surface area contributed by atoms with Crippen LogP contribution in [0.4, 0.5) is 50.9 Å². The van der Waals surface area contributed by atoms with E-state index in [1.165, 1.54) is 24.8 Å². The Hall–Kier alpha value is -4.81. The highest BCUT2D eigenvalue weighted by Gasteiger charge is 2.39. The third-order valence-corrected chi connectivity index (χ3v) is 9.20. The van der Waals surface area contributed by atoms with Crippen molar-refractivity contribution in [2.45, 2.75) is 78.3 Å². The van der Waals surface area contributed by atoms with Crippen molar-refractivity contribution in [2.75, 3.05) is 19.8 Å². The highest BCUT2D eigenvalue weighted by Crippen LogP contribution is 2.42. The zero-order chi connectivity index (χ0) is 39.7. The predicted molar refractivity (Wildman–Crippen MR) is 194 cm³/mol. The molecule has 1 aliphatic rings. The van der Waals surface area contributed by atoms with Crippen LogP contribution in [0.1, 0.15) is 96.0 Å². The fourth-order valence-corrected chi connectivity index (χ4v) is 6.63. The van der Waals surface area contributed by atoms with E-state index in [2.05, 4.69) is 4.99 Å². The average Bonchev–Trinajstić information content (AvgIpc) is 3.08. The Morgan fingerprint density at radius 3 is 1.56 bits per heavy atom. The first kappa shape index (κ1) is 40.4. The Morgan fingerprint density at radius 2 is 1.07 bits per heavy atom. The molecule has 5 rings (SSSR count). The van der Waals surface area contributed by atoms with Gasteiger partial charge in [-0.1, -0.05) is 87.9 Å². The first-order valence-electron chi connectivity index (χ1n) is 17.5. The van der Waals surface area contributed by atoms with E-state index in [1.54, 1.807) is 0 Å². The number of nitrogens with zero attached hydrogens (tertiary/aromatic N) is 4. The van der Waals surface area contributed by atoms with Gasteiger partial charge in [-0.3, -0.25) is 0 Å². The molecule has 1 heterocycles. The number of aliphatic imine (C=N–C) groups is 2. The number of hydrogen-bond acceptors (Lipinski definition) is 2. The van der Waals surface area contributed by atoms with Crippen LogP contribution in [0.2, 0.25) is 0 Å². The molecule has 4 aromatic rings. The number of rotatable bonds is 6. The van der Waals surface area contributed by atoms with E-state index in [0.717, 1.165) is 22.9 Å². The molecule has 0 N–H and O–H groups in total. The van der Waals surface area contributed by atoms with Crippen LogP contribution in [0.3, 0.4) is 0 Å². The lowest BCUT2D eigenvalue weighted by molar-refractivity contribution is -0.143. The smallest absolute Gasteiger partial charge is 0.338 e.